The Morgan fingerprint density at radius 1 is 1.16 bits per heavy atom. The van der Waals surface area contributed by atoms with Crippen LogP contribution in [0.4, 0.5) is 5.69 Å². The third-order valence-corrected chi connectivity index (χ3v) is 4.34. The van der Waals surface area contributed by atoms with Gasteiger partial charge in [-0.15, -0.1) is 4.91 Å². The summed E-state index contributed by atoms with van der Waals surface area (Å²) in [6, 6.07) is 6.92. The minimum Gasteiger partial charge on any atom is -0.328 e. The van der Waals surface area contributed by atoms with Crippen LogP contribution in [0.3, 0.4) is 0 Å². The summed E-state index contributed by atoms with van der Waals surface area (Å²) < 4.78 is 0. The average molecular weight is 341 g/mol. The Balaban J connectivity index is 1.84. The molecule has 0 unspecified atom stereocenters. The van der Waals surface area contributed by atoms with Gasteiger partial charge in [0.1, 0.15) is 11.4 Å². The van der Waals surface area contributed by atoms with Crippen molar-refractivity contribution in [1.29, 1.82) is 0 Å². The Labute approximate surface area is 147 Å². The molecular weight excluding hydrogens is 318 g/mol. The minimum absolute atomic E-state index is 0.153. The number of carbonyl (C=O) groups excluding carboxylic acids is 1. The standard InChI is InChI=1S/C18H23N5O2/c24-18(20-23-10-2-1-3-11-23)17(22-9-5-8-19-14-22)13-15-6-4-7-16(12-15)21-25/h4,6-7,12-14H,1-3,5,8-11H2,(H,20,24)/b17-13-. The molecule has 0 aromatic heterocycles. The SMILES string of the molecule is O=Nc1cccc(/C=C(/C(=O)NN2CCCCC2)N2C=NCCC2)c1. The lowest BCUT2D eigenvalue weighted by molar-refractivity contribution is -0.123. The molecule has 1 aromatic carbocycles. The number of rotatable bonds is 5. The van der Waals surface area contributed by atoms with Gasteiger partial charge < -0.3 is 4.90 Å². The van der Waals surface area contributed by atoms with Gasteiger partial charge in [0.15, 0.2) is 0 Å². The second kappa shape index (κ2) is 8.53. The fourth-order valence-corrected chi connectivity index (χ4v) is 3.04. The summed E-state index contributed by atoms with van der Waals surface area (Å²) in [6.45, 7) is 3.27. The molecule has 1 amide bonds. The maximum absolute atomic E-state index is 12.9. The largest absolute Gasteiger partial charge is 0.328 e. The van der Waals surface area contributed by atoms with Crippen molar-refractivity contribution >= 4 is 24.0 Å². The highest BCUT2D eigenvalue weighted by molar-refractivity contribution is 5.99. The maximum atomic E-state index is 12.9. The van der Waals surface area contributed by atoms with Crippen molar-refractivity contribution in [3.05, 3.63) is 40.4 Å². The lowest BCUT2D eigenvalue weighted by Crippen LogP contribution is -2.47. The van der Waals surface area contributed by atoms with Crippen LogP contribution < -0.4 is 5.43 Å². The van der Waals surface area contributed by atoms with Gasteiger partial charge in [0.05, 0.1) is 6.34 Å². The van der Waals surface area contributed by atoms with Gasteiger partial charge >= 0.3 is 0 Å². The highest BCUT2D eigenvalue weighted by Crippen LogP contribution is 2.18. The van der Waals surface area contributed by atoms with E-state index in [1.54, 1.807) is 30.6 Å². The van der Waals surface area contributed by atoms with Crippen molar-refractivity contribution in [2.75, 3.05) is 26.2 Å². The van der Waals surface area contributed by atoms with Crippen LogP contribution in [0.25, 0.3) is 6.08 Å². The van der Waals surface area contributed by atoms with Crippen LogP contribution in [0.5, 0.6) is 0 Å². The van der Waals surface area contributed by atoms with Gasteiger partial charge in [-0.25, -0.2) is 5.01 Å². The molecule has 2 heterocycles. The number of nitroso groups, excluding NO2 is 1. The molecule has 0 aliphatic carbocycles. The molecule has 0 bridgehead atoms. The number of aliphatic imine (C=N–C) groups is 1. The predicted molar refractivity (Wildman–Crippen MR) is 98.1 cm³/mol. The number of nitrogens with zero attached hydrogens (tertiary/aromatic N) is 4. The third kappa shape index (κ3) is 4.73. The van der Waals surface area contributed by atoms with Crippen LogP contribution in [0, 0.1) is 4.91 Å². The van der Waals surface area contributed by atoms with Crippen molar-refractivity contribution in [3.63, 3.8) is 0 Å². The first-order valence-corrected chi connectivity index (χ1v) is 8.74. The zero-order chi connectivity index (χ0) is 17.5. The molecule has 7 heteroatoms. The Bertz CT molecular complexity index is 680. The summed E-state index contributed by atoms with van der Waals surface area (Å²) in [5.74, 6) is -0.153. The number of nitrogens with one attached hydrogen (secondary N) is 1. The summed E-state index contributed by atoms with van der Waals surface area (Å²) in [6.07, 6.45) is 7.80. The van der Waals surface area contributed by atoms with E-state index >= 15 is 0 Å². The van der Waals surface area contributed by atoms with E-state index in [4.69, 9.17) is 0 Å². The summed E-state index contributed by atoms with van der Waals surface area (Å²) in [4.78, 5) is 29.8. The van der Waals surface area contributed by atoms with E-state index in [1.165, 1.54) is 6.42 Å². The average Bonchev–Trinajstić information content (AvgIpc) is 2.67. The molecule has 1 fully saturated rings. The van der Waals surface area contributed by atoms with Gasteiger partial charge in [-0.3, -0.25) is 15.2 Å². The monoisotopic (exact) mass is 341 g/mol. The lowest BCUT2D eigenvalue weighted by atomic mass is 10.1. The fourth-order valence-electron chi connectivity index (χ4n) is 3.04. The molecule has 0 saturated carbocycles. The highest BCUT2D eigenvalue weighted by atomic mass is 16.3. The highest BCUT2D eigenvalue weighted by Gasteiger charge is 2.21. The number of amides is 1. The number of carbonyl (C=O) groups is 1. The topological polar surface area (TPSA) is 77.4 Å². The number of hydrogen-bond acceptors (Lipinski definition) is 6. The number of hydrazine groups is 1. The second-order valence-electron chi connectivity index (χ2n) is 6.27. The van der Waals surface area contributed by atoms with E-state index in [0.29, 0.717) is 11.4 Å². The van der Waals surface area contributed by atoms with Crippen molar-refractivity contribution in [2.24, 2.45) is 10.2 Å². The fraction of sp³-hybridized carbons (Fsp3) is 0.444. The molecule has 25 heavy (non-hydrogen) atoms. The number of piperidine rings is 1. The first kappa shape index (κ1) is 17.3. The van der Waals surface area contributed by atoms with E-state index in [9.17, 15) is 9.70 Å². The van der Waals surface area contributed by atoms with Crippen molar-refractivity contribution in [2.45, 2.75) is 25.7 Å². The van der Waals surface area contributed by atoms with Crippen molar-refractivity contribution in [1.82, 2.24) is 15.3 Å². The zero-order valence-electron chi connectivity index (χ0n) is 14.2. The van der Waals surface area contributed by atoms with Crippen LogP contribution in [-0.2, 0) is 4.79 Å². The van der Waals surface area contributed by atoms with E-state index in [0.717, 1.165) is 51.0 Å². The molecule has 132 valence electrons. The Hall–Kier alpha value is -2.54. The third-order valence-electron chi connectivity index (χ3n) is 4.34. The smallest absolute Gasteiger partial charge is 0.282 e. The molecule has 3 rings (SSSR count). The molecule has 7 nitrogen and oxygen atoms in total. The maximum Gasteiger partial charge on any atom is 0.282 e. The van der Waals surface area contributed by atoms with Gasteiger partial charge in [-0.1, -0.05) is 18.6 Å². The number of hydrogen-bond donors (Lipinski definition) is 1. The quantitative estimate of drug-likeness (QED) is 0.660. The normalized spacial score (nSPS) is 18.9. The van der Waals surface area contributed by atoms with E-state index < -0.39 is 0 Å². The van der Waals surface area contributed by atoms with Gasteiger partial charge in [0, 0.05) is 26.2 Å². The Morgan fingerprint density at radius 2 is 2.00 bits per heavy atom. The summed E-state index contributed by atoms with van der Waals surface area (Å²) in [5, 5.41) is 4.94. The van der Waals surface area contributed by atoms with Crippen LogP contribution >= 0.6 is 0 Å². The van der Waals surface area contributed by atoms with E-state index in [2.05, 4.69) is 15.6 Å². The van der Waals surface area contributed by atoms with Crippen LogP contribution in [0.1, 0.15) is 31.2 Å². The van der Waals surface area contributed by atoms with Gasteiger partial charge in [0.25, 0.3) is 5.91 Å². The van der Waals surface area contributed by atoms with E-state index in [-0.39, 0.29) is 5.91 Å². The van der Waals surface area contributed by atoms with Crippen LogP contribution in [0.15, 0.2) is 40.1 Å². The molecular formula is C18H23N5O2. The first-order valence-electron chi connectivity index (χ1n) is 8.74. The van der Waals surface area contributed by atoms with Crippen molar-refractivity contribution < 1.29 is 4.79 Å². The van der Waals surface area contributed by atoms with Crippen LogP contribution in [0.2, 0.25) is 0 Å². The molecule has 2 aliphatic rings. The van der Waals surface area contributed by atoms with Gasteiger partial charge in [-0.2, -0.15) is 0 Å². The number of benzene rings is 1. The Morgan fingerprint density at radius 3 is 2.72 bits per heavy atom. The molecule has 1 aromatic rings. The molecule has 1 saturated heterocycles. The predicted octanol–water partition coefficient (Wildman–Crippen LogP) is 2.68. The molecule has 1 N–H and O–H groups in total. The molecule has 0 radical (unpaired) electrons. The van der Waals surface area contributed by atoms with E-state index in [1.807, 2.05) is 16.0 Å². The second-order valence-corrected chi connectivity index (χ2v) is 6.27. The molecule has 0 spiro atoms. The summed E-state index contributed by atoms with van der Waals surface area (Å²) >= 11 is 0. The Kier molecular flexibility index (Phi) is 5.90. The first-order chi connectivity index (χ1) is 12.3. The zero-order valence-corrected chi connectivity index (χ0v) is 14.2. The molecule has 2 aliphatic heterocycles. The summed E-state index contributed by atoms with van der Waals surface area (Å²) in [5.41, 5.74) is 4.64. The summed E-state index contributed by atoms with van der Waals surface area (Å²) in [7, 11) is 0. The lowest BCUT2D eigenvalue weighted by Gasteiger charge is -2.30. The van der Waals surface area contributed by atoms with Gasteiger partial charge in [-0.05, 0) is 48.2 Å². The molecule has 0 atom stereocenters. The van der Waals surface area contributed by atoms with Crippen LogP contribution in [-0.4, -0.2) is 48.3 Å². The van der Waals surface area contributed by atoms with Gasteiger partial charge in [0.2, 0.25) is 0 Å². The minimum atomic E-state index is -0.153. The van der Waals surface area contributed by atoms with Crippen molar-refractivity contribution in [3.8, 4) is 0 Å².